The lowest BCUT2D eigenvalue weighted by Gasteiger charge is -2.06. The summed E-state index contributed by atoms with van der Waals surface area (Å²) in [5.74, 6) is 1.60. The van der Waals surface area contributed by atoms with Crippen molar-refractivity contribution in [2.24, 2.45) is 0 Å². The van der Waals surface area contributed by atoms with Crippen molar-refractivity contribution in [3.8, 4) is 0 Å². The van der Waals surface area contributed by atoms with Crippen LogP contribution in [0.5, 0.6) is 0 Å². The molecule has 0 saturated heterocycles. The fourth-order valence-electron chi connectivity index (χ4n) is 2.93. The lowest BCUT2D eigenvalue weighted by atomic mass is 10.1. The van der Waals surface area contributed by atoms with Gasteiger partial charge in [0.05, 0.1) is 0 Å². The Bertz CT molecular complexity index is 582. The normalized spacial score (nSPS) is 16.8. The number of halogens is 1. The molecule has 0 amide bonds. The summed E-state index contributed by atoms with van der Waals surface area (Å²) in [7, 11) is 0. The summed E-state index contributed by atoms with van der Waals surface area (Å²) in [4.78, 5) is 4.71. The minimum atomic E-state index is 0.571. The lowest BCUT2D eigenvalue weighted by Crippen LogP contribution is -1.99. The van der Waals surface area contributed by atoms with E-state index in [1.165, 1.54) is 36.8 Å². The monoisotopic (exact) mass is 307 g/mol. The van der Waals surface area contributed by atoms with E-state index in [9.17, 15) is 0 Å². The maximum Gasteiger partial charge on any atom is 0.157 e. The molecule has 3 rings (SSSR count). The summed E-state index contributed by atoms with van der Waals surface area (Å²) in [5, 5.41) is 4.70. The predicted octanol–water partition coefficient (Wildman–Crippen LogP) is 4.02. The third-order valence-corrected chi connectivity index (χ3v) is 4.79. The van der Waals surface area contributed by atoms with E-state index in [1.807, 2.05) is 4.52 Å². The number of aryl methyl sites for hydroxylation is 1. The van der Waals surface area contributed by atoms with E-state index in [0.717, 1.165) is 22.5 Å². The Kier molecular flexibility index (Phi) is 3.14. The molecule has 0 aromatic carbocycles. The van der Waals surface area contributed by atoms with Crippen LogP contribution in [0.2, 0.25) is 0 Å². The van der Waals surface area contributed by atoms with E-state index in [2.05, 4.69) is 35.8 Å². The standard InChI is InChI=1S/C14H18BrN3/c1-3-11-9(2)8-12-16-14(10-6-4-5-7-10)17-18(12)13(11)15/h8,10H,3-7H2,1-2H3. The van der Waals surface area contributed by atoms with Crippen molar-refractivity contribution in [2.45, 2.75) is 51.9 Å². The van der Waals surface area contributed by atoms with Crippen LogP contribution in [0.1, 0.15) is 55.5 Å². The SMILES string of the molecule is CCc1c(C)cc2nc(C3CCCC3)nn2c1Br. The van der Waals surface area contributed by atoms with Gasteiger partial charge < -0.3 is 0 Å². The van der Waals surface area contributed by atoms with E-state index in [1.54, 1.807) is 0 Å². The Morgan fingerprint density at radius 3 is 2.78 bits per heavy atom. The Morgan fingerprint density at radius 1 is 1.39 bits per heavy atom. The molecular formula is C14H18BrN3. The zero-order valence-corrected chi connectivity index (χ0v) is 12.5. The molecule has 96 valence electrons. The molecule has 3 nitrogen and oxygen atoms in total. The maximum atomic E-state index is 4.71. The zero-order valence-electron chi connectivity index (χ0n) is 10.9. The van der Waals surface area contributed by atoms with Crippen LogP contribution in [0.3, 0.4) is 0 Å². The van der Waals surface area contributed by atoms with Gasteiger partial charge in [-0.2, -0.15) is 0 Å². The molecule has 2 aromatic heterocycles. The molecule has 2 aromatic rings. The van der Waals surface area contributed by atoms with Gasteiger partial charge in [-0.05, 0) is 59.3 Å². The van der Waals surface area contributed by atoms with Gasteiger partial charge in [0, 0.05) is 5.92 Å². The smallest absolute Gasteiger partial charge is 0.157 e. The van der Waals surface area contributed by atoms with Crippen LogP contribution in [0.25, 0.3) is 5.65 Å². The second kappa shape index (κ2) is 4.65. The number of fused-ring (bicyclic) bond motifs is 1. The van der Waals surface area contributed by atoms with Crippen molar-refractivity contribution in [2.75, 3.05) is 0 Å². The van der Waals surface area contributed by atoms with Crippen LogP contribution in [-0.2, 0) is 6.42 Å². The highest BCUT2D eigenvalue weighted by Gasteiger charge is 2.22. The van der Waals surface area contributed by atoms with E-state index in [4.69, 9.17) is 10.1 Å². The molecule has 1 fully saturated rings. The largest absolute Gasteiger partial charge is 0.212 e. The van der Waals surface area contributed by atoms with Crippen LogP contribution < -0.4 is 0 Å². The van der Waals surface area contributed by atoms with Crippen LogP contribution in [0.4, 0.5) is 0 Å². The minimum Gasteiger partial charge on any atom is -0.212 e. The fraction of sp³-hybridized carbons (Fsp3) is 0.571. The third-order valence-electron chi connectivity index (χ3n) is 3.98. The van der Waals surface area contributed by atoms with Crippen molar-refractivity contribution < 1.29 is 0 Å². The quantitative estimate of drug-likeness (QED) is 0.784. The molecular weight excluding hydrogens is 290 g/mol. The summed E-state index contributed by atoms with van der Waals surface area (Å²) in [6, 6.07) is 2.15. The molecule has 0 atom stereocenters. The van der Waals surface area contributed by atoms with Crippen LogP contribution in [0, 0.1) is 6.92 Å². The van der Waals surface area contributed by atoms with Crippen LogP contribution in [-0.4, -0.2) is 14.6 Å². The molecule has 18 heavy (non-hydrogen) atoms. The fourth-order valence-corrected chi connectivity index (χ4v) is 3.79. The Balaban J connectivity index is 2.13. The molecule has 4 heteroatoms. The second-order valence-electron chi connectivity index (χ2n) is 5.17. The average molecular weight is 308 g/mol. The average Bonchev–Trinajstić information content (AvgIpc) is 2.96. The number of aromatic nitrogens is 3. The number of nitrogens with zero attached hydrogens (tertiary/aromatic N) is 3. The van der Waals surface area contributed by atoms with Crippen molar-refractivity contribution in [1.82, 2.24) is 14.6 Å². The van der Waals surface area contributed by atoms with E-state index in [-0.39, 0.29) is 0 Å². The van der Waals surface area contributed by atoms with Gasteiger partial charge in [0.1, 0.15) is 4.60 Å². The third kappa shape index (κ3) is 1.87. The number of hydrogen-bond acceptors (Lipinski definition) is 2. The predicted molar refractivity (Wildman–Crippen MR) is 76.0 cm³/mol. The topological polar surface area (TPSA) is 30.2 Å². The van der Waals surface area contributed by atoms with Gasteiger partial charge >= 0.3 is 0 Å². The molecule has 2 heterocycles. The first-order valence-electron chi connectivity index (χ1n) is 6.75. The van der Waals surface area contributed by atoms with Gasteiger partial charge in [-0.1, -0.05) is 19.8 Å². The van der Waals surface area contributed by atoms with E-state index < -0.39 is 0 Å². The van der Waals surface area contributed by atoms with Gasteiger partial charge in [0.2, 0.25) is 0 Å². The zero-order chi connectivity index (χ0) is 12.7. The first kappa shape index (κ1) is 12.2. The molecule has 1 saturated carbocycles. The molecule has 0 radical (unpaired) electrons. The highest BCUT2D eigenvalue weighted by Crippen LogP contribution is 2.33. The molecule has 0 N–H and O–H groups in total. The molecule has 0 unspecified atom stereocenters. The highest BCUT2D eigenvalue weighted by molar-refractivity contribution is 9.10. The molecule has 0 aliphatic heterocycles. The summed E-state index contributed by atoms with van der Waals surface area (Å²) < 4.78 is 3.02. The Hall–Kier alpha value is -0.900. The van der Waals surface area contributed by atoms with Crippen molar-refractivity contribution in [3.05, 3.63) is 27.6 Å². The van der Waals surface area contributed by atoms with Gasteiger partial charge in [0.25, 0.3) is 0 Å². The maximum absolute atomic E-state index is 4.71. The van der Waals surface area contributed by atoms with Crippen molar-refractivity contribution in [1.29, 1.82) is 0 Å². The first-order chi connectivity index (χ1) is 8.70. The number of hydrogen-bond donors (Lipinski definition) is 0. The Morgan fingerprint density at radius 2 is 2.11 bits per heavy atom. The molecule has 0 bridgehead atoms. The first-order valence-corrected chi connectivity index (χ1v) is 7.54. The van der Waals surface area contributed by atoms with Gasteiger partial charge in [-0.25, -0.2) is 9.50 Å². The van der Waals surface area contributed by atoms with Crippen LogP contribution >= 0.6 is 15.9 Å². The summed E-state index contributed by atoms with van der Waals surface area (Å²) >= 11 is 3.68. The van der Waals surface area contributed by atoms with E-state index in [0.29, 0.717) is 5.92 Å². The van der Waals surface area contributed by atoms with Gasteiger partial charge in [-0.3, -0.25) is 0 Å². The number of rotatable bonds is 2. The highest BCUT2D eigenvalue weighted by atomic mass is 79.9. The number of pyridine rings is 1. The molecule has 1 aliphatic carbocycles. The van der Waals surface area contributed by atoms with E-state index >= 15 is 0 Å². The van der Waals surface area contributed by atoms with Crippen LogP contribution in [0.15, 0.2) is 10.7 Å². The van der Waals surface area contributed by atoms with Gasteiger partial charge in [0.15, 0.2) is 11.5 Å². The molecule has 0 spiro atoms. The summed E-state index contributed by atoms with van der Waals surface area (Å²) in [5.41, 5.74) is 3.59. The lowest BCUT2D eigenvalue weighted by molar-refractivity contribution is 0.664. The summed E-state index contributed by atoms with van der Waals surface area (Å²) in [6.45, 7) is 4.32. The second-order valence-corrected chi connectivity index (χ2v) is 5.92. The van der Waals surface area contributed by atoms with Crippen molar-refractivity contribution in [3.63, 3.8) is 0 Å². The summed E-state index contributed by atoms with van der Waals surface area (Å²) in [6.07, 6.45) is 6.14. The Labute approximate surface area is 116 Å². The molecule has 1 aliphatic rings. The minimum absolute atomic E-state index is 0.571. The van der Waals surface area contributed by atoms with Gasteiger partial charge in [-0.15, -0.1) is 5.10 Å². The van der Waals surface area contributed by atoms with Crippen molar-refractivity contribution >= 4 is 21.6 Å².